The molecule has 0 saturated carbocycles. The molecule has 54 heavy (non-hydrogen) atoms. The number of phenolic OH excluding ortho intramolecular Hbond substituents is 1. The summed E-state index contributed by atoms with van der Waals surface area (Å²) >= 11 is 1.59. The lowest BCUT2D eigenvalue weighted by Crippen LogP contribution is -2.49. The van der Waals surface area contributed by atoms with Crippen LogP contribution in [0.15, 0.2) is 96.8 Å². The number of nitrogens with zero attached hydrogens (tertiary/aromatic N) is 6. The van der Waals surface area contributed by atoms with Gasteiger partial charge in [-0.05, 0) is 60.2 Å². The summed E-state index contributed by atoms with van der Waals surface area (Å²) in [6.07, 6.45) is 2.88. The summed E-state index contributed by atoms with van der Waals surface area (Å²) in [4.78, 5) is 34.9. The highest BCUT2D eigenvalue weighted by atomic mass is 32.1. The fraction of sp³-hybridized carbons (Fsp3) is 0.268. The SMILES string of the molecule is Cc1ncsc1-c1ccc(C(C)NC(=O)[C@@H]2C[C@@H](O)CN2C(=O)C(C(C)C)n2cc(-c3ccc(-c4cc(-c5ccccc5O)nnc4N)cc3)cn2)cc1. The Bertz CT molecular complexity index is 2290. The first-order valence-electron chi connectivity index (χ1n) is 17.8. The number of thiazole rings is 1. The maximum absolute atomic E-state index is 14.2. The lowest BCUT2D eigenvalue weighted by Gasteiger charge is -2.30. The van der Waals surface area contributed by atoms with Gasteiger partial charge in [0.15, 0.2) is 5.82 Å². The normalized spacial score (nSPS) is 16.7. The number of carbonyl (C=O) groups is 2. The van der Waals surface area contributed by atoms with Crippen molar-refractivity contribution in [1.82, 2.24) is 35.2 Å². The molecule has 13 heteroatoms. The lowest BCUT2D eigenvalue weighted by atomic mass is 10.0. The predicted octanol–water partition coefficient (Wildman–Crippen LogP) is 6.43. The molecule has 3 aromatic heterocycles. The third-order valence-electron chi connectivity index (χ3n) is 9.94. The Balaban J connectivity index is 1.06. The van der Waals surface area contributed by atoms with Gasteiger partial charge in [0.1, 0.15) is 17.8 Å². The second kappa shape index (κ2) is 15.2. The Morgan fingerprint density at radius 1 is 0.926 bits per heavy atom. The molecule has 276 valence electrons. The van der Waals surface area contributed by atoms with Crippen LogP contribution in [0.25, 0.3) is 44.0 Å². The summed E-state index contributed by atoms with van der Waals surface area (Å²) in [5.74, 6) is -0.379. The van der Waals surface area contributed by atoms with Crippen LogP contribution >= 0.6 is 11.3 Å². The van der Waals surface area contributed by atoms with Crippen LogP contribution in [-0.2, 0) is 9.59 Å². The first-order chi connectivity index (χ1) is 26.0. The molecule has 5 N–H and O–H groups in total. The van der Waals surface area contributed by atoms with E-state index in [2.05, 4.69) is 25.6 Å². The molecule has 1 fully saturated rings. The molecule has 2 amide bonds. The second-order valence-corrected chi connectivity index (χ2v) is 14.9. The van der Waals surface area contributed by atoms with E-state index in [-0.39, 0.29) is 48.3 Å². The van der Waals surface area contributed by atoms with Crippen molar-refractivity contribution in [3.63, 3.8) is 0 Å². The molecule has 4 atom stereocenters. The van der Waals surface area contributed by atoms with E-state index in [1.807, 2.05) is 94.0 Å². The average Bonchev–Trinajstić information content (AvgIpc) is 3.92. The van der Waals surface area contributed by atoms with Gasteiger partial charge >= 0.3 is 0 Å². The number of β-amino-alcohol motifs (C(OH)–C–C–N with tert-alkyl or cyclic N) is 1. The molecule has 0 bridgehead atoms. The Kier molecular flexibility index (Phi) is 10.3. The number of carbonyl (C=O) groups excluding carboxylic acids is 2. The molecule has 7 rings (SSSR count). The Morgan fingerprint density at radius 2 is 1.63 bits per heavy atom. The maximum Gasteiger partial charge on any atom is 0.248 e. The monoisotopic (exact) mass is 742 g/mol. The zero-order valence-electron chi connectivity index (χ0n) is 30.4. The number of nitrogens with two attached hydrogens (primary N) is 1. The molecule has 4 heterocycles. The summed E-state index contributed by atoms with van der Waals surface area (Å²) in [5.41, 5.74) is 15.2. The summed E-state index contributed by atoms with van der Waals surface area (Å²) in [5, 5.41) is 37.0. The minimum Gasteiger partial charge on any atom is -0.507 e. The first-order valence-corrected chi connectivity index (χ1v) is 18.7. The number of para-hydroxylation sites is 1. The number of phenols is 1. The number of rotatable bonds is 10. The van der Waals surface area contributed by atoms with E-state index in [1.54, 1.807) is 46.5 Å². The third kappa shape index (κ3) is 7.32. The van der Waals surface area contributed by atoms with Crippen molar-refractivity contribution >= 4 is 29.0 Å². The largest absolute Gasteiger partial charge is 0.507 e. The van der Waals surface area contributed by atoms with Crippen molar-refractivity contribution in [2.45, 2.75) is 58.3 Å². The number of anilines is 1. The van der Waals surface area contributed by atoms with Crippen LogP contribution in [0.3, 0.4) is 0 Å². The van der Waals surface area contributed by atoms with Gasteiger partial charge in [0.05, 0.1) is 40.1 Å². The van der Waals surface area contributed by atoms with E-state index in [9.17, 15) is 19.8 Å². The van der Waals surface area contributed by atoms with Gasteiger partial charge < -0.3 is 26.2 Å². The highest BCUT2D eigenvalue weighted by Gasteiger charge is 2.43. The van der Waals surface area contributed by atoms with Crippen molar-refractivity contribution < 1.29 is 19.8 Å². The van der Waals surface area contributed by atoms with E-state index in [1.165, 1.54) is 4.90 Å². The van der Waals surface area contributed by atoms with Gasteiger partial charge in [-0.15, -0.1) is 21.5 Å². The molecule has 12 nitrogen and oxygen atoms in total. The number of amides is 2. The summed E-state index contributed by atoms with van der Waals surface area (Å²) in [6.45, 7) is 7.83. The fourth-order valence-corrected chi connectivity index (χ4v) is 7.82. The van der Waals surface area contributed by atoms with Crippen LogP contribution < -0.4 is 11.1 Å². The zero-order chi connectivity index (χ0) is 38.1. The minimum absolute atomic E-state index is 0.0611. The van der Waals surface area contributed by atoms with Crippen molar-refractivity contribution in [3.05, 3.63) is 108 Å². The number of aromatic hydroxyl groups is 1. The summed E-state index contributed by atoms with van der Waals surface area (Å²) in [6, 6.07) is 22.6. The Labute approximate surface area is 317 Å². The molecule has 1 aliphatic rings. The van der Waals surface area contributed by atoms with Crippen molar-refractivity contribution in [2.24, 2.45) is 5.92 Å². The van der Waals surface area contributed by atoms with E-state index in [4.69, 9.17) is 5.73 Å². The number of hydrogen-bond donors (Lipinski definition) is 4. The third-order valence-corrected chi connectivity index (χ3v) is 10.9. The number of aryl methyl sites for hydroxylation is 1. The molecule has 2 unspecified atom stereocenters. The van der Waals surface area contributed by atoms with Gasteiger partial charge in [-0.25, -0.2) is 4.98 Å². The van der Waals surface area contributed by atoms with Crippen LogP contribution in [0.5, 0.6) is 5.75 Å². The number of aliphatic hydroxyl groups is 1. The van der Waals surface area contributed by atoms with E-state index in [0.717, 1.165) is 38.4 Å². The smallest absolute Gasteiger partial charge is 0.248 e. The summed E-state index contributed by atoms with van der Waals surface area (Å²) in [7, 11) is 0. The number of likely N-dealkylation sites (tertiary alicyclic amines) is 1. The molecule has 0 radical (unpaired) electrons. The van der Waals surface area contributed by atoms with Crippen LogP contribution in [0, 0.1) is 12.8 Å². The van der Waals surface area contributed by atoms with Gasteiger partial charge in [0, 0.05) is 35.9 Å². The number of hydrogen-bond acceptors (Lipinski definition) is 10. The van der Waals surface area contributed by atoms with Crippen LogP contribution in [0.4, 0.5) is 5.82 Å². The van der Waals surface area contributed by atoms with Gasteiger partial charge in [0.25, 0.3) is 0 Å². The molecule has 1 aliphatic heterocycles. The molecular weight excluding hydrogens is 701 g/mol. The second-order valence-electron chi connectivity index (χ2n) is 14.0. The predicted molar refractivity (Wildman–Crippen MR) is 209 cm³/mol. The van der Waals surface area contributed by atoms with E-state index in [0.29, 0.717) is 16.8 Å². The fourth-order valence-electron chi connectivity index (χ4n) is 7.01. The van der Waals surface area contributed by atoms with Crippen molar-refractivity contribution in [1.29, 1.82) is 0 Å². The lowest BCUT2D eigenvalue weighted by molar-refractivity contribution is -0.142. The Morgan fingerprint density at radius 3 is 2.31 bits per heavy atom. The van der Waals surface area contributed by atoms with E-state index < -0.39 is 18.2 Å². The van der Waals surface area contributed by atoms with Crippen LogP contribution in [0.2, 0.25) is 0 Å². The van der Waals surface area contributed by atoms with Gasteiger partial charge in [-0.2, -0.15) is 5.10 Å². The maximum atomic E-state index is 14.2. The summed E-state index contributed by atoms with van der Waals surface area (Å²) < 4.78 is 1.65. The van der Waals surface area contributed by atoms with Crippen LogP contribution in [0.1, 0.15) is 50.5 Å². The molecule has 3 aromatic carbocycles. The molecular formula is C41H42N8O4S. The zero-order valence-corrected chi connectivity index (χ0v) is 31.2. The molecule has 1 saturated heterocycles. The number of aromatic nitrogens is 5. The van der Waals surface area contributed by atoms with Gasteiger partial charge in [-0.1, -0.05) is 74.5 Å². The van der Waals surface area contributed by atoms with E-state index >= 15 is 0 Å². The van der Waals surface area contributed by atoms with Gasteiger partial charge in [-0.3, -0.25) is 14.3 Å². The average molecular weight is 743 g/mol. The van der Waals surface area contributed by atoms with Gasteiger partial charge in [0.2, 0.25) is 11.8 Å². The highest BCUT2D eigenvalue weighted by molar-refractivity contribution is 7.13. The topological polar surface area (TPSA) is 172 Å². The molecule has 6 aromatic rings. The number of aliphatic hydroxyl groups excluding tert-OH is 1. The minimum atomic E-state index is -0.820. The quantitative estimate of drug-likeness (QED) is 0.123. The number of nitrogens with one attached hydrogen (secondary N) is 1. The Hall–Kier alpha value is -5.92. The van der Waals surface area contributed by atoms with Crippen molar-refractivity contribution in [3.8, 4) is 49.7 Å². The number of nitrogen functional groups attached to an aromatic ring is 1. The standard InChI is InChI=1S/C41H42N8O4S/c1-23(2)37(41(53)48-21-31(50)17-35(48)40(52)45-24(3)26-9-15-29(16-10-26)38-25(4)43-22-54-38)49-20-30(19-44-49)27-11-13-28(14-12-27)33-18-34(46-47-39(33)42)32-7-5-6-8-36(32)51/h5-16,18-20,22-24,31,35,37,50-51H,17,21H2,1-4H3,(H2,42,47)(H,45,52)/t24?,31-,35+,37?/m1/s1. The van der Waals surface area contributed by atoms with Crippen LogP contribution in [-0.4, -0.2) is 70.6 Å². The molecule has 0 aliphatic carbocycles. The first kappa shape index (κ1) is 36.4. The molecule has 0 spiro atoms. The van der Waals surface area contributed by atoms with Crippen molar-refractivity contribution in [2.75, 3.05) is 12.3 Å². The number of benzene rings is 3. The highest BCUT2D eigenvalue weighted by Crippen LogP contribution is 2.34.